The Morgan fingerprint density at radius 2 is 1.79 bits per heavy atom. The van der Waals surface area contributed by atoms with Crippen molar-refractivity contribution < 1.29 is 27.8 Å². The first-order chi connectivity index (χ1) is 16.5. The van der Waals surface area contributed by atoms with E-state index in [4.69, 9.17) is 13.7 Å². The third kappa shape index (κ3) is 3.93. The predicted molar refractivity (Wildman–Crippen MR) is 128 cm³/mol. The molecule has 8 heteroatoms. The van der Waals surface area contributed by atoms with Crippen molar-refractivity contribution in [3.63, 3.8) is 0 Å². The SMILES string of the molecule is COc1cc2c(cc1O)CCN1Cc3c(ccc(OC)c3OS(=O)C(=O)c3ccccc3)CC21. The number of nitrogens with zero attached hydrogens (tertiary/aromatic N) is 1. The minimum absolute atomic E-state index is 0.114. The Balaban J connectivity index is 1.48. The first-order valence-corrected chi connectivity index (χ1v) is 12.1. The number of aromatic hydroxyl groups is 1. The van der Waals surface area contributed by atoms with Crippen LogP contribution in [0.15, 0.2) is 54.6 Å². The van der Waals surface area contributed by atoms with Crippen LogP contribution >= 0.6 is 0 Å². The lowest BCUT2D eigenvalue weighted by Gasteiger charge is -2.42. The molecule has 0 aliphatic carbocycles. The summed E-state index contributed by atoms with van der Waals surface area (Å²) in [6.07, 6.45) is 1.49. The summed E-state index contributed by atoms with van der Waals surface area (Å²) in [5.41, 5.74) is 4.49. The zero-order valence-electron chi connectivity index (χ0n) is 18.9. The molecular weight excluding hydrogens is 454 g/mol. The van der Waals surface area contributed by atoms with Crippen LogP contribution in [0.2, 0.25) is 0 Å². The summed E-state index contributed by atoms with van der Waals surface area (Å²) in [7, 11) is 3.07. The van der Waals surface area contributed by atoms with Gasteiger partial charge in [0.25, 0.3) is 16.2 Å². The minimum atomic E-state index is -2.21. The molecule has 0 aromatic heterocycles. The standard InChI is InChI=1S/C26H25NO6S/c1-31-23-9-8-17-12-21-19-14-24(32-2)22(28)13-18(19)10-11-27(21)15-20(17)25(23)33-34(30)26(29)16-6-4-3-5-7-16/h3-9,13-14,21,28H,10-12,15H2,1-2H3. The van der Waals surface area contributed by atoms with E-state index in [9.17, 15) is 14.1 Å². The maximum Gasteiger partial charge on any atom is 0.288 e. The highest BCUT2D eigenvalue weighted by atomic mass is 32.2. The number of hydrogen-bond acceptors (Lipinski definition) is 7. The minimum Gasteiger partial charge on any atom is -0.504 e. The second-order valence-corrected chi connectivity index (χ2v) is 9.38. The van der Waals surface area contributed by atoms with Gasteiger partial charge in [-0.3, -0.25) is 9.69 Å². The number of benzene rings is 3. The highest BCUT2D eigenvalue weighted by molar-refractivity contribution is 7.97. The lowest BCUT2D eigenvalue weighted by atomic mass is 9.83. The molecule has 2 atom stereocenters. The van der Waals surface area contributed by atoms with Gasteiger partial charge in [0, 0.05) is 30.3 Å². The molecule has 0 fully saturated rings. The lowest BCUT2D eigenvalue weighted by molar-refractivity contribution is 0.107. The molecule has 0 saturated heterocycles. The molecule has 176 valence electrons. The molecule has 34 heavy (non-hydrogen) atoms. The van der Waals surface area contributed by atoms with Crippen molar-refractivity contribution in [2.45, 2.75) is 25.4 Å². The monoisotopic (exact) mass is 479 g/mol. The van der Waals surface area contributed by atoms with E-state index in [1.54, 1.807) is 49.6 Å². The van der Waals surface area contributed by atoms with Crippen molar-refractivity contribution in [3.8, 4) is 23.0 Å². The zero-order valence-corrected chi connectivity index (χ0v) is 19.8. The number of carbonyl (C=O) groups is 1. The second-order valence-electron chi connectivity index (χ2n) is 8.37. The first-order valence-electron chi connectivity index (χ1n) is 11.0. The fourth-order valence-electron chi connectivity index (χ4n) is 4.82. The third-order valence-corrected chi connectivity index (χ3v) is 7.40. The number of ether oxygens (including phenoxy) is 2. The third-order valence-electron chi connectivity index (χ3n) is 6.54. The average molecular weight is 480 g/mol. The number of carbonyl (C=O) groups excluding carboxylic acids is 1. The summed E-state index contributed by atoms with van der Waals surface area (Å²) in [5, 5.41) is 9.61. The molecule has 7 nitrogen and oxygen atoms in total. The quantitative estimate of drug-likeness (QED) is 0.593. The van der Waals surface area contributed by atoms with Gasteiger partial charge in [-0.1, -0.05) is 36.4 Å². The number of rotatable bonds is 5. The van der Waals surface area contributed by atoms with Gasteiger partial charge in [-0.05, 0) is 47.7 Å². The van der Waals surface area contributed by atoms with Gasteiger partial charge < -0.3 is 18.8 Å². The maximum absolute atomic E-state index is 12.8. The maximum atomic E-state index is 12.8. The molecule has 2 aliphatic rings. The Labute approximate surface area is 200 Å². The highest BCUT2D eigenvalue weighted by Gasteiger charge is 2.35. The van der Waals surface area contributed by atoms with Crippen LogP contribution in [0.1, 0.15) is 38.7 Å². The van der Waals surface area contributed by atoms with Crippen molar-refractivity contribution in [2.75, 3.05) is 20.8 Å². The molecule has 2 heterocycles. The summed E-state index contributed by atoms with van der Waals surface area (Å²) in [6.45, 7) is 1.36. The van der Waals surface area contributed by atoms with Gasteiger partial charge in [0.1, 0.15) is 0 Å². The molecule has 5 rings (SSSR count). The van der Waals surface area contributed by atoms with Gasteiger partial charge in [0.05, 0.1) is 14.2 Å². The molecule has 0 bridgehead atoms. The highest BCUT2D eigenvalue weighted by Crippen LogP contribution is 2.46. The zero-order chi connectivity index (χ0) is 23.8. The summed E-state index contributed by atoms with van der Waals surface area (Å²) in [5.74, 6) is 1.39. The topological polar surface area (TPSA) is 85.3 Å². The van der Waals surface area contributed by atoms with Crippen LogP contribution in [0.5, 0.6) is 23.0 Å². The number of methoxy groups -OCH3 is 2. The number of phenols is 1. The van der Waals surface area contributed by atoms with E-state index in [-0.39, 0.29) is 11.8 Å². The smallest absolute Gasteiger partial charge is 0.288 e. The average Bonchev–Trinajstić information content (AvgIpc) is 2.87. The van der Waals surface area contributed by atoms with E-state index in [1.807, 2.05) is 12.1 Å². The summed E-state index contributed by atoms with van der Waals surface area (Å²) in [6, 6.07) is 16.1. The van der Waals surface area contributed by atoms with Gasteiger partial charge in [-0.15, -0.1) is 0 Å². The Morgan fingerprint density at radius 1 is 1.03 bits per heavy atom. The molecule has 0 saturated carbocycles. The predicted octanol–water partition coefficient (Wildman–Crippen LogP) is 3.95. The summed E-state index contributed by atoms with van der Waals surface area (Å²) < 4.78 is 29.5. The van der Waals surface area contributed by atoms with Crippen molar-refractivity contribution in [1.29, 1.82) is 0 Å². The van der Waals surface area contributed by atoms with Gasteiger partial charge in [0.2, 0.25) is 0 Å². The summed E-state index contributed by atoms with van der Waals surface area (Å²) >= 11 is -2.21. The Kier molecular flexibility index (Phi) is 6.02. The Bertz CT molecular complexity index is 1280. The van der Waals surface area contributed by atoms with Crippen molar-refractivity contribution in [2.24, 2.45) is 0 Å². The van der Waals surface area contributed by atoms with Crippen LogP contribution in [-0.2, 0) is 30.5 Å². The van der Waals surface area contributed by atoms with Crippen LogP contribution in [0.3, 0.4) is 0 Å². The first kappa shape index (κ1) is 22.4. The van der Waals surface area contributed by atoms with Gasteiger partial charge in [0.15, 0.2) is 23.0 Å². The van der Waals surface area contributed by atoms with E-state index in [0.717, 1.165) is 35.2 Å². The largest absolute Gasteiger partial charge is 0.504 e. The van der Waals surface area contributed by atoms with Gasteiger partial charge >= 0.3 is 0 Å². The second kappa shape index (κ2) is 9.12. The van der Waals surface area contributed by atoms with Crippen molar-refractivity contribution >= 4 is 16.2 Å². The molecule has 1 N–H and O–H groups in total. The van der Waals surface area contributed by atoms with Gasteiger partial charge in [-0.2, -0.15) is 0 Å². The van der Waals surface area contributed by atoms with Gasteiger partial charge in [-0.25, -0.2) is 4.21 Å². The van der Waals surface area contributed by atoms with Crippen LogP contribution in [-0.4, -0.2) is 40.1 Å². The van der Waals surface area contributed by atoms with E-state index < -0.39 is 16.2 Å². The molecule has 0 spiro atoms. The van der Waals surface area contributed by atoms with Crippen LogP contribution < -0.4 is 13.7 Å². The molecular formula is C26H25NO6S. The molecule has 2 aliphatic heterocycles. The number of phenolic OH excluding ortho intramolecular Hbond substituents is 1. The van der Waals surface area contributed by atoms with Crippen molar-refractivity contribution in [1.82, 2.24) is 4.90 Å². The van der Waals surface area contributed by atoms with E-state index in [1.165, 1.54) is 7.11 Å². The van der Waals surface area contributed by atoms with E-state index >= 15 is 0 Å². The van der Waals surface area contributed by atoms with Crippen LogP contribution in [0.4, 0.5) is 0 Å². The lowest BCUT2D eigenvalue weighted by Crippen LogP contribution is -2.39. The fraction of sp³-hybridized carbons (Fsp3) is 0.269. The Morgan fingerprint density at radius 3 is 2.53 bits per heavy atom. The van der Waals surface area contributed by atoms with Crippen LogP contribution in [0.25, 0.3) is 0 Å². The summed E-state index contributed by atoms with van der Waals surface area (Å²) in [4.78, 5) is 15.0. The van der Waals surface area contributed by atoms with E-state index in [2.05, 4.69) is 4.90 Å². The molecule has 2 unspecified atom stereocenters. The fourth-order valence-corrected chi connectivity index (χ4v) is 5.56. The van der Waals surface area contributed by atoms with Crippen LogP contribution in [0, 0.1) is 0 Å². The van der Waals surface area contributed by atoms with E-state index in [0.29, 0.717) is 35.8 Å². The molecule has 3 aromatic rings. The van der Waals surface area contributed by atoms with Crippen molar-refractivity contribution in [3.05, 3.63) is 82.4 Å². The molecule has 0 amide bonds. The molecule has 0 radical (unpaired) electrons. The molecule has 3 aromatic carbocycles. The number of fused-ring (bicyclic) bond motifs is 4. The normalized spacial score (nSPS) is 17.6. The number of hydrogen-bond donors (Lipinski definition) is 1. The Hall–Kier alpha value is -3.36.